The molecular formula is C21H27NO6. The number of hydrogen-bond donors (Lipinski definition) is 2. The van der Waals surface area contributed by atoms with Crippen LogP contribution in [0.4, 0.5) is 0 Å². The van der Waals surface area contributed by atoms with Gasteiger partial charge in [-0.05, 0) is 58.4 Å². The summed E-state index contributed by atoms with van der Waals surface area (Å²) in [7, 11) is 0. The molecule has 152 valence electrons. The third kappa shape index (κ3) is 4.65. The van der Waals surface area contributed by atoms with Crippen LogP contribution in [0.1, 0.15) is 55.1 Å². The van der Waals surface area contributed by atoms with Gasteiger partial charge in [0.15, 0.2) is 11.5 Å². The van der Waals surface area contributed by atoms with Crippen molar-refractivity contribution in [2.45, 2.75) is 46.6 Å². The van der Waals surface area contributed by atoms with Crippen LogP contribution in [0, 0.1) is 6.92 Å². The van der Waals surface area contributed by atoms with Crippen LogP contribution in [0.25, 0.3) is 0 Å². The molecular weight excluding hydrogens is 362 g/mol. The van der Waals surface area contributed by atoms with Crippen molar-refractivity contribution in [3.05, 3.63) is 46.9 Å². The predicted octanol–water partition coefficient (Wildman–Crippen LogP) is 3.68. The molecule has 0 aliphatic carbocycles. The van der Waals surface area contributed by atoms with Crippen molar-refractivity contribution in [3.8, 4) is 11.5 Å². The number of ether oxygens (including phenoxy) is 2. The Bertz CT molecular complexity index is 853. The normalized spacial score (nSPS) is 11.2. The number of carbonyl (C=O) groups excluding carboxylic acids is 1. The van der Waals surface area contributed by atoms with Crippen molar-refractivity contribution in [3.63, 3.8) is 0 Å². The number of amides is 1. The second-order valence-electron chi connectivity index (χ2n) is 6.82. The molecule has 0 fully saturated rings. The zero-order valence-electron chi connectivity index (χ0n) is 16.9. The Hall–Kier alpha value is -2.96. The van der Waals surface area contributed by atoms with E-state index in [1.54, 1.807) is 13.0 Å². The lowest BCUT2D eigenvalue weighted by Gasteiger charge is -2.25. The number of carboxylic acid groups (broad SMARTS) is 1. The number of aryl methyl sites for hydroxylation is 1. The predicted molar refractivity (Wildman–Crippen MR) is 104 cm³/mol. The van der Waals surface area contributed by atoms with Crippen molar-refractivity contribution in [1.29, 1.82) is 0 Å². The van der Waals surface area contributed by atoms with Crippen LogP contribution in [0.15, 0.2) is 28.7 Å². The van der Waals surface area contributed by atoms with Gasteiger partial charge in [-0.3, -0.25) is 4.79 Å². The summed E-state index contributed by atoms with van der Waals surface area (Å²) >= 11 is 0. The lowest BCUT2D eigenvalue weighted by molar-refractivity contribution is -0.125. The van der Waals surface area contributed by atoms with Crippen LogP contribution in [0.5, 0.6) is 11.5 Å². The highest BCUT2D eigenvalue weighted by Gasteiger charge is 2.31. The Kier molecular flexibility index (Phi) is 6.72. The molecule has 7 heteroatoms. The van der Waals surface area contributed by atoms with E-state index >= 15 is 0 Å². The minimum atomic E-state index is -1.06. The highest BCUT2D eigenvalue weighted by molar-refractivity contribution is 5.89. The van der Waals surface area contributed by atoms with E-state index in [2.05, 4.69) is 5.32 Å². The van der Waals surface area contributed by atoms with Gasteiger partial charge in [-0.1, -0.05) is 6.07 Å². The first-order valence-corrected chi connectivity index (χ1v) is 9.21. The van der Waals surface area contributed by atoms with Gasteiger partial charge in [0, 0.05) is 0 Å². The van der Waals surface area contributed by atoms with E-state index in [4.69, 9.17) is 19.0 Å². The van der Waals surface area contributed by atoms with Crippen molar-refractivity contribution in [2.24, 2.45) is 0 Å². The molecule has 0 saturated heterocycles. The first kappa shape index (κ1) is 21.3. The average Bonchev–Trinajstić information content (AvgIpc) is 3.02. The smallest absolute Gasteiger partial charge is 0.339 e. The summed E-state index contributed by atoms with van der Waals surface area (Å²) in [4.78, 5) is 23.9. The number of hydrogen-bond acceptors (Lipinski definition) is 5. The zero-order valence-corrected chi connectivity index (χ0v) is 16.9. The Morgan fingerprint density at radius 3 is 2.32 bits per heavy atom. The van der Waals surface area contributed by atoms with Gasteiger partial charge < -0.3 is 24.3 Å². The highest BCUT2D eigenvalue weighted by Crippen LogP contribution is 2.34. The molecule has 2 rings (SSSR count). The first-order chi connectivity index (χ1) is 13.2. The van der Waals surface area contributed by atoms with Gasteiger partial charge in [0.2, 0.25) is 5.91 Å². The lowest BCUT2D eigenvalue weighted by atomic mass is 9.83. The van der Waals surface area contributed by atoms with Gasteiger partial charge in [0.25, 0.3) is 0 Å². The van der Waals surface area contributed by atoms with E-state index in [1.807, 2.05) is 39.8 Å². The van der Waals surface area contributed by atoms with Crippen LogP contribution in [-0.4, -0.2) is 30.2 Å². The number of rotatable bonds is 9. The fourth-order valence-electron chi connectivity index (χ4n) is 2.80. The van der Waals surface area contributed by atoms with Crippen LogP contribution in [0.3, 0.4) is 0 Å². The van der Waals surface area contributed by atoms with Gasteiger partial charge in [0.05, 0.1) is 25.2 Å². The Labute approximate surface area is 164 Å². The summed E-state index contributed by atoms with van der Waals surface area (Å²) in [5.74, 6) is 0.652. The van der Waals surface area contributed by atoms with Crippen LogP contribution in [0.2, 0.25) is 0 Å². The lowest BCUT2D eigenvalue weighted by Crippen LogP contribution is -2.39. The molecule has 1 aromatic heterocycles. The molecule has 1 heterocycles. The Morgan fingerprint density at radius 2 is 1.75 bits per heavy atom. The molecule has 0 bridgehead atoms. The molecule has 0 unspecified atom stereocenters. The van der Waals surface area contributed by atoms with Gasteiger partial charge in [-0.25, -0.2) is 4.79 Å². The summed E-state index contributed by atoms with van der Waals surface area (Å²) < 4.78 is 16.6. The first-order valence-electron chi connectivity index (χ1n) is 9.21. The van der Waals surface area contributed by atoms with E-state index in [0.717, 1.165) is 5.56 Å². The monoisotopic (exact) mass is 389 g/mol. The van der Waals surface area contributed by atoms with E-state index < -0.39 is 11.4 Å². The van der Waals surface area contributed by atoms with Gasteiger partial charge >= 0.3 is 5.97 Å². The number of furan rings is 1. The van der Waals surface area contributed by atoms with Crippen LogP contribution < -0.4 is 14.8 Å². The van der Waals surface area contributed by atoms with E-state index in [9.17, 15) is 9.59 Å². The van der Waals surface area contributed by atoms with Gasteiger partial charge in [-0.15, -0.1) is 0 Å². The standard InChI is InChI=1S/C21H27NO6/c1-6-26-17-9-8-14(10-18(17)27-7-2)21(4,5)20(25)22-12-15-11-16(19(23)24)13(3)28-15/h8-11H,6-7,12H2,1-5H3,(H,22,25)(H,23,24). The largest absolute Gasteiger partial charge is 0.490 e. The second-order valence-corrected chi connectivity index (χ2v) is 6.82. The molecule has 0 saturated carbocycles. The van der Waals surface area contributed by atoms with Crippen molar-refractivity contribution in [2.75, 3.05) is 13.2 Å². The maximum Gasteiger partial charge on any atom is 0.339 e. The molecule has 28 heavy (non-hydrogen) atoms. The summed E-state index contributed by atoms with van der Waals surface area (Å²) in [6.07, 6.45) is 0. The molecule has 2 N–H and O–H groups in total. The third-order valence-electron chi connectivity index (χ3n) is 4.46. The van der Waals surface area contributed by atoms with Crippen LogP contribution >= 0.6 is 0 Å². The van der Waals surface area contributed by atoms with E-state index in [-0.39, 0.29) is 18.0 Å². The fourth-order valence-corrected chi connectivity index (χ4v) is 2.80. The molecule has 1 amide bonds. The minimum absolute atomic E-state index is 0.0939. The van der Waals surface area contributed by atoms with Crippen LogP contribution in [-0.2, 0) is 16.8 Å². The topological polar surface area (TPSA) is 98.0 Å². The molecule has 0 spiro atoms. The summed E-state index contributed by atoms with van der Waals surface area (Å²) in [5.41, 5.74) is 0.0311. The average molecular weight is 389 g/mol. The quantitative estimate of drug-likeness (QED) is 0.679. The summed E-state index contributed by atoms with van der Waals surface area (Å²) in [6.45, 7) is 10.1. The molecule has 1 aromatic carbocycles. The maximum atomic E-state index is 12.8. The minimum Gasteiger partial charge on any atom is -0.490 e. The van der Waals surface area contributed by atoms with Gasteiger partial charge in [0.1, 0.15) is 17.1 Å². The van der Waals surface area contributed by atoms with Crippen molar-refractivity contribution in [1.82, 2.24) is 5.32 Å². The molecule has 7 nitrogen and oxygen atoms in total. The fraction of sp³-hybridized carbons (Fsp3) is 0.429. The van der Waals surface area contributed by atoms with Crippen molar-refractivity contribution < 1.29 is 28.6 Å². The second kappa shape index (κ2) is 8.82. The number of carboxylic acids is 1. The van der Waals surface area contributed by atoms with Crippen molar-refractivity contribution >= 4 is 11.9 Å². The molecule has 0 radical (unpaired) electrons. The number of nitrogens with one attached hydrogen (secondary N) is 1. The Balaban J connectivity index is 2.16. The third-order valence-corrected chi connectivity index (χ3v) is 4.46. The number of carbonyl (C=O) groups is 2. The van der Waals surface area contributed by atoms with E-state index in [0.29, 0.717) is 36.2 Å². The molecule has 0 aliphatic heterocycles. The van der Waals surface area contributed by atoms with Gasteiger partial charge in [-0.2, -0.15) is 0 Å². The highest BCUT2D eigenvalue weighted by atomic mass is 16.5. The molecule has 2 aromatic rings. The molecule has 0 aliphatic rings. The maximum absolute atomic E-state index is 12.8. The Morgan fingerprint density at radius 1 is 1.11 bits per heavy atom. The SMILES string of the molecule is CCOc1ccc(C(C)(C)C(=O)NCc2cc(C(=O)O)c(C)o2)cc1OCC. The van der Waals surface area contributed by atoms with E-state index in [1.165, 1.54) is 6.07 Å². The number of benzene rings is 1. The summed E-state index contributed by atoms with van der Waals surface area (Å²) in [6, 6.07) is 6.88. The molecule has 0 atom stereocenters. The zero-order chi connectivity index (χ0) is 20.9. The number of aromatic carboxylic acids is 1. The summed E-state index contributed by atoms with van der Waals surface area (Å²) in [5, 5.41) is 11.9.